The van der Waals surface area contributed by atoms with Crippen LogP contribution in [0, 0.1) is 5.82 Å². The van der Waals surface area contributed by atoms with Crippen molar-refractivity contribution in [3.05, 3.63) is 53.6 Å². The molecule has 2 atom stereocenters. The van der Waals surface area contributed by atoms with Crippen LogP contribution in [0.5, 0.6) is 5.75 Å². The van der Waals surface area contributed by atoms with Crippen LogP contribution in [-0.2, 0) is 9.53 Å². The molecule has 0 spiro atoms. The fourth-order valence-electron chi connectivity index (χ4n) is 5.56. The van der Waals surface area contributed by atoms with Crippen molar-refractivity contribution in [1.82, 2.24) is 14.8 Å². The van der Waals surface area contributed by atoms with Gasteiger partial charge in [0.1, 0.15) is 0 Å². The highest BCUT2D eigenvalue weighted by Crippen LogP contribution is 2.49. The van der Waals surface area contributed by atoms with Gasteiger partial charge < -0.3 is 19.1 Å². The molecule has 0 bridgehead atoms. The maximum atomic E-state index is 14.3. The number of ether oxygens (including phenoxy) is 2. The number of fused-ring (bicyclic) bond motifs is 2. The number of aliphatic carboxylic acids is 1. The van der Waals surface area contributed by atoms with Crippen molar-refractivity contribution in [3.63, 3.8) is 0 Å². The quantitative estimate of drug-likeness (QED) is 0.392. The van der Waals surface area contributed by atoms with Gasteiger partial charge in [0.05, 0.1) is 24.3 Å². The van der Waals surface area contributed by atoms with Gasteiger partial charge in [-0.15, -0.1) is 0 Å². The SMILES string of the molecule is COc1cc(-n2c(C(C)C)c([C@@H]3CC[C@@](OC)(C(=O)O)C3)c3cc4[nH]ncc4cc32)ccc1F. The monoisotopic (exact) mass is 465 g/mol. The van der Waals surface area contributed by atoms with E-state index in [-0.39, 0.29) is 17.6 Å². The van der Waals surface area contributed by atoms with Crippen LogP contribution in [0.15, 0.2) is 36.5 Å². The van der Waals surface area contributed by atoms with Gasteiger partial charge in [0.15, 0.2) is 17.2 Å². The minimum atomic E-state index is -1.19. The van der Waals surface area contributed by atoms with Crippen LogP contribution in [0.4, 0.5) is 4.39 Å². The average Bonchev–Trinajstić information content (AvgIpc) is 3.53. The number of aromatic nitrogens is 3. The molecule has 5 rings (SSSR count). The molecular weight excluding hydrogens is 437 g/mol. The summed E-state index contributed by atoms with van der Waals surface area (Å²) in [6, 6.07) is 9.03. The predicted octanol–water partition coefficient (Wildman–Crippen LogP) is 5.52. The van der Waals surface area contributed by atoms with Crippen LogP contribution in [0.3, 0.4) is 0 Å². The molecule has 0 aliphatic heterocycles. The zero-order valence-corrected chi connectivity index (χ0v) is 19.7. The summed E-state index contributed by atoms with van der Waals surface area (Å²) in [4.78, 5) is 12.1. The number of nitrogens with zero attached hydrogens (tertiary/aromatic N) is 2. The van der Waals surface area contributed by atoms with Crippen LogP contribution < -0.4 is 4.74 Å². The molecular formula is C26H28FN3O4. The van der Waals surface area contributed by atoms with Gasteiger partial charge in [-0.1, -0.05) is 13.8 Å². The molecule has 0 saturated heterocycles. The Balaban J connectivity index is 1.82. The van der Waals surface area contributed by atoms with Crippen molar-refractivity contribution in [1.29, 1.82) is 0 Å². The number of carboxylic acids is 1. The first-order chi connectivity index (χ1) is 16.3. The number of rotatable bonds is 6. The maximum absolute atomic E-state index is 14.3. The minimum absolute atomic E-state index is 0.0000784. The summed E-state index contributed by atoms with van der Waals surface area (Å²) in [5.41, 5.74) is 3.66. The summed E-state index contributed by atoms with van der Waals surface area (Å²) in [5, 5.41) is 19.1. The van der Waals surface area contributed by atoms with Gasteiger partial charge in [-0.05, 0) is 60.9 Å². The molecule has 1 fully saturated rings. The fraction of sp³-hybridized carbons (Fsp3) is 0.385. The second-order valence-electron chi connectivity index (χ2n) is 9.38. The number of halogens is 1. The third kappa shape index (κ3) is 3.27. The van der Waals surface area contributed by atoms with Gasteiger partial charge in [-0.2, -0.15) is 5.10 Å². The van der Waals surface area contributed by atoms with E-state index in [9.17, 15) is 14.3 Å². The van der Waals surface area contributed by atoms with Crippen molar-refractivity contribution in [3.8, 4) is 11.4 Å². The first kappa shape index (κ1) is 22.4. The van der Waals surface area contributed by atoms with Crippen LogP contribution in [0.1, 0.15) is 56.2 Å². The highest BCUT2D eigenvalue weighted by molar-refractivity contribution is 5.99. The highest BCUT2D eigenvalue weighted by atomic mass is 19.1. The Morgan fingerprint density at radius 1 is 1.29 bits per heavy atom. The lowest BCUT2D eigenvalue weighted by Crippen LogP contribution is -2.37. The lowest BCUT2D eigenvalue weighted by atomic mass is 9.89. The smallest absolute Gasteiger partial charge is 0.335 e. The largest absolute Gasteiger partial charge is 0.494 e. The average molecular weight is 466 g/mol. The summed E-state index contributed by atoms with van der Waals surface area (Å²) in [7, 11) is 2.93. The van der Waals surface area contributed by atoms with Crippen LogP contribution in [0.25, 0.3) is 27.5 Å². The summed E-state index contributed by atoms with van der Waals surface area (Å²) in [5.74, 6) is -1.05. The van der Waals surface area contributed by atoms with Crippen molar-refractivity contribution in [2.45, 2.75) is 50.5 Å². The molecule has 0 unspecified atom stereocenters. The minimum Gasteiger partial charge on any atom is -0.494 e. The van der Waals surface area contributed by atoms with Crippen molar-refractivity contribution >= 4 is 27.8 Å². The van der Waals surface area contributed by atoms with E-state index < -0.39 is 17.4 Å². The standard InChI is InChI=1S/C26H28FN3O4/c1-14(2)24-23(15-7-8-26(12-15,34-4)25(31)32)18-11-20-16(13-28-29-20)9-21(18)30(24)17-5-6-19(27)22(10-17)33-3/h5-6,9-11,13-15H,7-8,12H2,1-4H3,(H,28,29)(H,31,32)/t15-,26+/m1/s1. The van der Waals surface area contributed by atoms with Crippen LogP contribution >= 0.6 is 0 Å². The van der Waals surface area contributed by atoms with Crippen molar-refractivity contribution < 1.29 is 23.8 Å². The van der Waals surface area contributed by atoms with Crippen LogP contribution in [0.2, 0.25) is 0 Å². The zero-order chi connectivity index (χ0) is 24.2. The van der Waals surface area contributed by atoms with E-state index in [2.05, 4.69) is 40.7 Å². The first-order valence-electron chi connectivity index (χ1n) is 11.4. The Kier molecular flexibility index (Phi) is 5.36. The Labute approximate surface area is 196 Å². The number of carboxylic acid groups (broad SMARTS) is 1. The van der Waals surface area contributed by atoms with Gasteiger partial charge in [0, 0.05) is 35.3 Å². The predicted molar refractivity (Wildman–Crippen MR) is 127 cm³/mol. The summed E-state index contributed by atoms with van der Waals surface area (Å²) in [6.45, 7) is 4.25. The third-order valence-electron chi connectivity index (χ3n) is 7.21. The zero-order valence-electron chi connectivity index (χ0n) is 19.7. The lowest BCUT2D eigenvalue weighted by molar-refractivity contribution is -0.161. The van der Waals surface area contributed by atoms with Crippen LogP contribution in [-0.4, -0.2) is 45.7 Å². The van der Waals surface area contributed by atoms with Gasteiger partial charge >= 0.3 is 5.97 Å². The molecule has 1 aliphatic rings. The fourth-order valence-corrected chi connectivity index (χ4v) is 5.56. The summed E-state index contributed by atoms with van der Waals surface area (Å²) in [6.07, 6.45) is 3.32. The third-order valence-corrected chi connectivity index (χ3v) is 7.21. The van der Waals surface area contributed by atoms with E-state index in [0.717, 1.165) is 38.8 Å². The summed E-state index contributed by atoms with van der Waals surface area (Å²) < 4.78 is 27.2. The first-order valence-corrected chi connectivity index (χ1v) is 11.4. The van der Waals surface area contributed by atoms with Gasteiger partial charge in [0.2, 0.25) is 0 Å². The highest BCUT2D eigenvalue weighted by Gasteiger charge is 2.47. The number of methoxy groups -OCH3 is 2. The topological polar surface area (TPSA) is 89.4 Å². The number of carbonyl (C=O) groups is 1. The molecule has 8 heteroatoms. The number of hydrogen-bond acceptors (Lipinski definition) is 4. The Morgan fingerprint density at radius 2 is 2.09 bits per heavy atom. The Hall–Kier alpha value is -3.39. The number of aromatic amines is 1. The molecule has 34 heavy (non-hydrogen) atoms. The van der Waals surface area contributed by atoms with Gasteiger partial charge in [0.25, 0.3) is 0 Å². The molecule has 2 heterocycles. The summed E-state index contributed by atoms with van der Waals surface area (Å²) >= 11 is 0. The molecule has 2 N–H and O–H groups in total. The van der Waals surface area contributed by atoms with E-state index in [4.69, 9.17) is 9.47 Å². The van der Waals surface area contributed by atoms with E-state index >= 15 is 0 Å². The molecule has 0 amide bonds. The molecule has 1 aliphatic carbocycles. The number of nitrogens with one attached hydrogen (secondary N) is 1. The molecule has 0 radical (unpaired) electrons. The van der Waals surface area contributed by atoms with Gasteiger partial charge in [-0.3, -0.25) is 5.10 Å². The molecule has 2 aromatic heterocycles. The lowest BCUT2D eigenvalue weighted by Gasteiger charge is -2.23. The maximum Gasteiger partial charge on any atom is 0.335 e. The second-order valence-corrected chi connectivity index (χ2v) is 9.38. The van der Waals surface area contributed by atoms with E-state index in [0.29, 0.717) is 19.3 Å². The van der Waals surface area contributed by atoms with E-state index in [1.165, 1.54) is 20.3 Å². The molecule has 178 valence electrons. The molecule has 1 saturated carbocycles. The number of H-pyrrole nitrogens is 1. The van der Waals surface area contributed by atoms with Gasteiger partial charge in [-0.25, -0.2) is 9.18 Å². The number of hydrogen-bond donors (Lipinski definition) is 2. The number of benzene rings is 2. The Bertz CT molecular complexity index is 1410. The van der Waals surface area contributed by atoms with E-state index in [1.807, 2.05) is 0 Å². The second kappa shape index (κ2) is 8.13. The normalized spacial score (nSPS) is 20.6. The van der Waals surface area contributed by atoms with E-state index in [1.54, 1.807) is 18.3 Å². The molecule has 2 aromatic carbocycles. The van der Waals surface area contributed by atoms with Crippen molar-refractivity contribution in [2.24, 2.45) is 0 Å². The molecule has 7 nitrogen and oxygen atoms in total. The van der Waals surface area contributed by atoms with Crippen molar-refractivity contribution in [2.75, 3.05) is 14.2 Å². The Morgan fingerprint density at radius 3 is 2.74 bits per heavy atom. The molecule has 4 aromatic rings.